The molecule has 0 radical (unpaired) electrons. The van der Waals surface area contributed by atoms with Gasteiger partial charge in [0.2, 0.25) is 0 Å². The summed E-state index contributed by atoms with van der Waals surface area (Å²) in [6.07, 6.45) is 9.39. The number of rotatable bonds is 5. The first-order valence-electron chi connectivity index (χ1n) is 13.4. The highest BCUT2D eigenvalue weighted by Crippen LogP contribution is 2.68. The van der Waals surface area contributed by atoms with Gasteiger partial charge in [-0.1, -0.05) is 54.4 Å². The quantitative estimate of drug-likeness (QED) is 0.559. The normalized spacial score (nSPS) is 49.3. The fourth-order valence-corrected chi connectivity index (χ4v) is 9.06. The second-order valence-electron chi connectivity index (χ2n) is 13.2. The molecule has 10 unspecified atom stereocenters. The van der Waals surface area contributed by atoms with Crippen LogP contribution in [-0.2, 0) is 4.79 Å². The van der Waals surface area contributed by atoms with Gasteiger partial charge in [0, 0.05) is 18.3 Å². The summed E-state index contributed by atoms with van der Waals surface area (Å²) in [7, 11) is 0. The average molecular weight is 433 g/mol. The van der Waals surface area contributed by atoms with E-state index in [4.69, 9.17) is 0 Å². The SMILES string of the molecule is CC(C)C(C)CCC(C)C1CCC2C3CC(=O)C4(O)CC(O)CCC4(C)C3CCC12C. The average Bonchev–Trinajstić information content (AvgIpc) is 3.05. The molecule has 0 aromatic rings. The molecule has 0 aromatic heterocycles. The summed E-state index contributed by atoms with van der Waals surface area (Å²) in [5.41, 5.74) is -1.32. The predicted molar refractivity (Wildman–Crippen MR) is 125 cm³/mol. The molecule has 0 saturated heterocycles. The van der Waals surface area contributed by atoms with Crippen LogP contribution >= 0.6 is 0 Å². The van der Waals surface area contributed by atoms with Gasteiger partial charge in [0.25, 0.3) is 0 Å². The summed E-state index contributed by atoms with van der Waals surface area (Å²) in [5, 5.41) is 21.8. The second kappa shape index (κ2) is 8.12. The molecule has 4 aliphatic carbocycles. The Kier molecular flexibility index (Phi) is 6.21. The van der Waals surface area contributed by atoms with E-state index in [1.165, 1.54) is 32.1 Å². The maximum atomic E-state index is 13.3. The zero-order chi connectivity index (χ0) is 22.8. The summed E-state index contributed by atoms with van der Waals surface area (Å²) >= 11 is 0. The zero-order valence-corrected chi connectivity index (χ0v) is 21.0. The first-order valence-corrected chi connectivity index (χ1v) is 13.4. The fourth-order valence-electron chi connectivity index (χ4n) is 9.06. The van der Waals surface area contributed by atoms with Crippen LogP contribution in [-0.4, -0.2) is 27.7 Å². The minimum Gasteiger partial charge on any atom is -0.393 e. The van der Waals surface area contributed by atoms with Gasteiger partial charge in [-0.25, -0.2) is 0 Å². The number of fused-ring (bicyclic) bond motifs is 5. The molecule has 0 aromatic carbocycles. The van der Waals surface area contributed by atoms with Gasteiger partial charge in [-0.05, 0) is 85.4 Å². The Bertz CT molecular complexity index is 688. The smallest absolute Gasteiger partial charge is 0.165 e. The van der Waals surface area contributed by atoms with Crippen LogP contribution in [0.4, 0.5) is 0 Å². The van der Waals surface area contributed by atoms with Crippen LogP contribution < -0.4 is 0 Å². The third kappa shape index (κ3) is 3.56. The Balaban J connectivity index is 1.53. The lowest BCUT2D eigenvalue weighted by molar-refractivity contribution is -0.213. The van der Waals surface area contributed by atoms with Gasteiger partial charge < -0.3 is 10.2 Å². The van der Waals surface area contributed by atoms with Crippen molar-refractivity contribution in [3.05, 3.63) is 0 Å². The number of hydrogen-bond acceptors (Lipinski definition) is 3. The minimum atomic E-state index is -1.31. The summed E-state index contributed by atoms with van der Waals surface area (Å²) in [6.45, 7) is 14.3. The van der Waals surface area contributed by atoms with Crippen LogP contribution in [0.25, 0.3) is 0 Å². The molecule has 0 aliphatic heterocycles. The number of ketones is 1. The number of Topliss-reactive ketones (excluding diaryl/α,β-unsaturated/α-hetero) is 1. The molecule has 4 rings (SSSR count). The lowest BCUT2D eigenvalue weighted by atomic mass is 9.42. The molecular formula is C28H48O3. The molecule has 0 amide bonds. The summed E-state index contributed by atoms with van der Waals surface area (Å²) in [5.74, 6) is 4.59. The summed E-state index contributed by atoms with van der Waals surface area (Å²) in [6, 6.07) is 0. The fraction of sp³-hybridized carbons (Fsp3) is 0.964. The molecule has 31 heavy (non-hydrogen) atoms. The van der Waals surface area contributed by atoms with Crippen molar-refractivity contribution in [3.8, 4) is 0 Å². The van der Waals surface area contributed by atoms with E-state index < -0.39 is 11.7 Å². The van der Waals surface area contributed by atoms with E-state index in [1.807, 2.05) is 0 Å². The van der Waals surface area contributed by atoms with E-state index in [0.29, 0.717) is 29.6 Å². The Morgan fingerprint density at radius 2 is 1.68 bits per heavy atom. The van der Waals surface area contributed by atoms with Gasteiger partial charge in [-0.2, -0.15) is 0 Å². The van der Waals surface area contributed by atoms with Gasteiger partial charge in [0.05, 0.1) is 6.10 Å². The van der Waals surface area contributed by atoms with Crippen LogP contribution in [0.1, 0.15) is 106 Å². The van der Waals surface area contributed by atoms with E-state index in [1.54, 1.807) is 0 Å². The molecule has 4 fully saturated rings. The maximum absolute atomic E-state index is 13.3. The third-order valence-electron chi connectivity index (χ3n) is 11.6. The molecular weight excluding hydrogens is 384 g/mol. The van der Waals surface area contributed by atoms with Gasteiger partial charge in [0.15, 0.2) is 5.78 Å². The molecule has 3 nitrogen and oxygen atoms in total. The number of aliphatic hydroxyl groups excluding tert-OH is 1. The van der Waals surface area contributed by atoms with Crippen LogP contribution in [0.3, 0.4) is 0 Å². The molecule has 0 heterocycles. The predicted octanol–water partition coefficient (Wildman–Crippen LogP) is 6.01. The monoisotopic (exact) mass is 432 g/mol. The van der Waals surface area contributed by atoms with Crippen molar-refractivity contribution >= 4 is 5.78 Å². The topological polar surface area (TPSA) is 57.5 Å². The van der Waals surface area contributed by atoms with Gasteiger partial charge in [-0.15, -0.1) is 0 Å². The van der Waals surface area contributed by atoms with Crippen LogP contribution in [0.5, 0.6) is 0 Å². The number of aliphatic hydroxyl groups is 2. The van der Waals surface area contributed by atoms with Gasteiger partial charge in [-0.3, -0.25) is 4.79 Å². The Labute approximate surface area is 190 Å². The molecule has 2 N–H and O–H groups in total. The largest absolute Gasteiger partial charge is 0.393 e. The standard InChI is InChI=1S/C28H48O3/c1-17(2)18(3)7-8-19(4)22-9-10-23-21-15-25(30)28(31)16-20(29)11-14-27(28,6)24(21)12-13-26(22,23)5/h17-24,29,31H,7-16H2,1-6H3. The molecule has 4 saturated carbocycles. The highest BCUT2D eigenvalue weighted by Gasteiger charge is 2.67. The number of carbonyl (C=O) groups excluding carboxylic acids is 1. The lowest BCUT2D eigenvalue weighted by Crippen LogP contribution is -2.67. The first kappa shape index (κ1) is 23.7. The highest BCUT2D eigenvalue weighted by atomic mass is 16.3. The molecule has 3 heteroatoms. The molecule has 4 aliphatic rings. The van der Waals surface area contributed by atoms with Crippen molar-refractivity contribution in [1.29, 1.82) is 0 Å². The molecule has 0 bridgehead atoms. The number of carbonyl (C=O) groups is 1. The van der Waals surface area contributed by atoms with Crippen LogP contribution in [0.15, 0.2) is 0 Å². The Hall–Kier alpha value is -0.410. The van der Waals surface area contributed by atoms with Gasteiger partial charge in [0.1, 0.15) is 5.60 Å². The summed E-state index contributed by atoms with van der Waals surface area (Å²) < 4.78 is 0. The third-order valence-corrected chi connectivity index (χ3v) is 11.6. The van der Waals surface area contributed by atoms with Crippen molar-refractivity contribution in [1.82, 2.24) is 0 Å². The van der Waals surface area contributed by atoms with Crippen molar-refractivity contribution in [2.45, 2.75) is 117 Å². The van der Waals surface area contributed by atoms with E-state index in [0.717, 1.165) is 42.9 Å². The molecule has 0 spiro atoms. The second-order valence-corrected chi connectivity index (χ2v) is 13.2. The number of hydrogen-bond donors (Lipinski definition) is 2. The highest BCUT2D eigenvalue weighted by molar-refractivity contribution is 5.89. The first-order chi connectivity index (χ1) is 14.4. The Morgan fingerprint density at radius 1 is 0.968 bits per heavy atom. The molecule has 10 atom stereocenters. The van der Waals surface area contributed by atoms with E-state index >= 15 is 0 Å². The van der Waals surface area contributed by atoms with Crippen molar-refractivity contribution in [2.24, 2.45) is 52.3 Å². The van der Waals surface area contributed by atoms with Gasteiger partial charge >= 0.3 is 0 Å². The lowest BCUT2D eigenvalue weighted by Gasteiger charge is -2.63. The van der Waals surface area contributed by atoms with E-state index in [9.17, 15) is 15.0 Å². The van der Waals surface area contributed by atoms with E-state index in [2.05, 4.69) is 41.5 Å². The van der Waals surface area contributed by atoms with Crippen LogP contribution in [0.2, 0.25) is 0 Å². The minimum absolute atomic E-state index is 0.0292. The van der Waals surface area contributed by atoms with Crippen molar-refractivity contribution < 1.29 is 15.0 Å². The zero-order valence-electron chi connectivity index (χ0n) is 21.0. The van der Waals surface area contributed by atoms with Crippen LogP contribution in [0, 0.1) is 52.3 Å². The molecule has 178 valence electrons. The Morgan fingerprint density at radius 3 is 2.35 bits per heavy atom. The van der Waals surface area contributed by atoms with Crippen molar-refractivity contribution in [2.75, 3.05) is 0 Å². The summed E-state index contributed by atoms with van der Waals surface area (Å²) in [4.78, 5) is 13.3. The maximum Gasteiger partial charge on any atom is 0.165 e. The van der Waals surface area contributed by atoms with E-state index in [-0.39, 0.29) is 17.6 Å². The van der Waals surface area contributed by atoms with Crippen molar-refractivity contribution in [3.63, 3.8) is 0 Å².